The molecule has 2 aromatic rings. The number of piperazine rings is 1. The van der Waals surface area contributed by atoms with Gasteiger partial charge < -0.3 is 14.4 Å². The zero-order valence-corrected chi connectivity index (χ0v) is 34.8. The minimum Gasteiger partial charge on any atom is -0.490 e. The third-order valence-corrected chi connectivity index (χ3v) is 15.6. The maximum atomic E-state index is 13.7. The Hall–Kier alpha value is -2.63. The molecule has 7 rings (SSSR count). The van der Waals surface area contributed by atoms with Crippen LogP contribution in [0, 0.1) is 17.8 Å². The van der Waals surface area contributed by atoms with E-state index in [2.05, 4.69) is 71.4 Å². The molecule has 11 heteroatoms. The topological polar surface area (TPSA) is 91.4 Å². The van der Waals surface area contributed by atoms with E-state index in [-0.39, 0.29) is 22.8 Å². The van der Waals surface area contributed by atoms with Crippen LogP contribution in [0.4, 0.5) is 5.69 Å². The van der Waals surface area contributed by atoms with Crippen molar-refractivity contribution in [1.82, 2.24) is 14.5 Å². The fourth-order valence-corrected chi connectivity index (χ4v) is 11.4. The molecular weight excluding hydrogens is 720 g/mol. The minimum atomic E-state index is -3.96. The predicted molar refractivity (Wildman–Crippen MR) is 217 cm³/mol. The summed E-state index contributed by atoms with van der Waals surface area (Å²) in [7, 11) is -3.96. The van der Waals surface area contributed by atoms with Gasteiger partial charge in [0.15, 0.2) is 0 Å². The Morgan fingerprint density at radius 2 is 1.83 bits per heavy atom. The average molecular weight is 782 g/mol. The third-order valence-electron chi connectivity index (χ3n) is 13.4. The smallest absolute Gasteiger partial charge is 0.264 e. The SMILES string of the molecule is CCO[C@]1(CN2CCN(C(C)(C)C)CC2)/C=C/C[C@H](C)[C@@H](C)S(=O)(=O)NC(=O)c2ccc3c(c2)N(C[C@@H]2CC[C@H]21)C[C@@]1(CCCc2cc(Cl)ccc21)CO3. The van der Waals surface area contributed by atoms with E-state index in [1.165, 1.54) is 11.1 Å². The molecule has 0 unspecified atom stereocenters. The molecule has 0 aromatic heterocycles. The molecule has 6 atom stereocenters. The molecule has 2 aromatic carbocycles. The molecule has 1 N–H and O–H groups in total. The van der Waals surface area contributed by atoms with Crippen molar-refractivity contribution >= 4 is 33.2 Å². The van der Waals surface area contributed by atoms with Gasteiger partial charge >= 0.3 is 0 Å². The number of carbonyl (C=O) groups is 1. The van der Waals surface area contributed by atoms with Gasteiger partial charge in [-0.1, -0.05) is 36.7 Å². The number of amides is 1. The van der Waals surface area contributed by atoms with Gasteiger partial charge in [-0.3, -0.25) is 14.6 Å². The first-order chi connectivity index (χ1) is 25.6. The van der Waals surface area contributed by atoms with E-state index >= 15 is 0 Å². The van der Waals surface area contributed by atoms with Crippen LogP contribution in [0.1, 0.15) is 95.1 Å². The number of hydrogen-bond acceptors (Lipinski definition) is 8. The number of rotatable bonds is 4. The number of benzene rings is 2. The number of fused-ring (bicyclic) bond motifs is 4. The Kier molecular flexibility index (Phi) is 11.3. The van der Waals surface area contributed by atoms with Crippen molar-refractivity contribution in [1.29, 1.82) is 0 Å². The van der Waals surface area contributed by atoms with Gasteiger partial charge in [-0.15, -0.1) is 0 Å². The van der Waals surface area contributed by atoms with Crippen LogP contribution in [0.5, 0.6) is 5.75 Å². The summed E-state index contributed by atoms with van der Waals surface area (Å²) in [6, 6.07) is 11.7. The molecule has 296 valence electrons. The van der Waals surface area contributed by atoms with Crippen LogP contribution in [0.3, 0.4) is 0 Å². The van der Waals surface area contributed by atoms with E-state index in [9.17, 15) is 13.2 Å². The van der Waals surface area contributed by atoms with E-state index in [1.54, 1.807) is 13.0 Å². The average Bonchev–Trinajstić information content (AvgIpc) is 3.25. The summed E-state index contributed by atoms with van der Waals surface area (Å²) in [5, 5.41) is -0.0248. The summed E-state index contributed by atoms with van der Waals surface area (Å²) in [5.74, 6) is 0.506. The maximum Gasteiger partial charge on any atom is 0.264 e. The predicted octanol–water partition coefficient (Wildman–Crippen LogP) is 7.07. The Balaban J connectivity index is 1.30. The highest BCUT2D eigenvalue weighted by Gasteiger charge is 2.50. The van der Waals surface area contributed by atoms with Gasteiger partial charge in [-0.2, -0.15) is 0 Å². The lowest BCUT2D eigenvalue weighted by Crippen LogP contribution is -2.60. The number of ether oxygens (including phenoxy) is 2. The number of anilines is 1. The van der Waals surface area contributed by atoms with Crippen LogP contribution < -0.4 is 14.4 Å². The van der Waals surface area contributed by atoms with Gasteiger partial charge in [0.1, 0.15) is 11.4 Å². The van der Waals surface area contributed by atoms with Crippen molar-refractivity contribution < 1.29 is 22.7 Å². The van der Waals surface area contributed by atoms with Crippen molar-refractivity contribution in [2.45, 2.75) is 102 Å². The highest BCUT2D eigenvalue weighted by molar-refractivity contribution is 7.90. The van der Waals surface area contributed by atoms with Crippen molar-refractivity contribution in [3.63, 3.8) is 0 Å². The molecule has 2 fully saturated rings. The molecule has 0 radical (unpaired) electrons. The summed E-state index contributed by atoms with van der Waals surface area (Å²) in [6.07, 6.45) is 10.2. The second-order valence-corrected chi connectivity index (χ2v) is 20.3. The van der Waals surface area contributed by atoms with Gasteiger partial charge in [0.2, 0.25) is 10.0 Å². The molecule has 2 bridgehead atoms. The van der Waals surface area contributed by atoms with E-state index < -0.39 is 26.8 Å². The Labute approximate surface area is 328 Å². The van der Waals surface area contributed by atoms with Gasteiger partial charge in [0.05, 0.1) is 17.5 Å². The van der Waals surface area contributed by atoms with Crippen LogP contribution in [-0.4, -0.2) is 99.5 Å². The van der Waals surface area contributed by atoms with Crippen molar-refractivity contribution in [3.05, 3.63) is 70.3 Å². The lowest BCUT2D eigenvalue weighted by Gasteiger charge is -2.53. The van der Waals surface area contributed by atoms with Crippen LogP contribution in [-0.2, 0) is 26.6 Å². The Bertz CT molecular complexity index is 1840. The Morgan fingerprint density at radius 1 is 1.06 bits per heavy atom. The quantitative estimate of drug-likeness (QED) is 0.330. The van der Waals surface area contributed by atoms with Crippen LogP contribution in [0.15, 0.2) is 48.6 Å². The summed E-state index contributed by atoms with van der Waals surface area (Å²) < 4.78 is 43.5. The molecule has 5 aliphatic rings. The molecule has 1 saturated heterocycles. The molecule has 2 aliphatic carbocycles. The normalized spacial score (nSPS) is 32.7. The first kappa shape index (κ1) is 39.6. The fourth-order valence-electron chi connectivity index (χ4n) is 9.92. The molecule has 54 heavy (non-hydrogen) atoms. The number of halogens is 1. The zero-order valence-electron chi connectivity index (χ0n) is 33.2. The standard InChI is InChI=1S/C43H61ClN4O5S/c1-7-53-43(28-46-20-22-48(23-21-46)41(4,5)6)19-8-10-30(2)31(3)54(50,51)45-40(49)33-13-17-39-38(25-33)47(26-34-12-15-37(34)43)27-42(29-52-39)18-9-11-32-24-35(44)14-16-36(32)42/h8,13-14,16-17,19,24-25,30-31,34,37H,7,9-12,15,18,20-23,26-29H2,1-6H3,(H,45,49)/b19-8+/t30-,31+,34-,37+,42-,43-/m0/s1. The summed E-state index contributed by atoms with van der Waals surface area (Å²) in [5.41, 5.74) is 3.07. The summed E-state index contributed by atoms with van der Waals surface area (Å²) in [4.78, 5) is 21.3. The molecule has 3 heterocycles. The van der Waals surface area contributed by atoms with Gasteiger partial charge in [0, 0.05) is 74.0 Å². The van der Waals surface area contributed by atoms with E-state index in [0.717, 1.165) is 94.4 Å². The number of aryl methyl sites for hydroxylation is 1. The fraction of sp³-hybridized carbons (Fsp3) is 0.651. The zero-order chi connectivity index (χ0) is 38.5. The molecular formula is C43H61ClN4O5S. The van der Waals surface area contributed by atoms with Crippen LogP contribution >= 0.6 is 11.6 Å². The molecule has 1 amide bonds. The summed E-state index contributed by atoms with van der Waals surface area (Å²) >= 11 is 6.52. The summed E-state index contributed by atoms with van der Waals surface area (Å²) in [6.45, 7) is 20.0. The number of nitrogens with zero attached hydrogens (tertiary/aromatic N) is 3. The first-order valence-corrected chi connectivity index (χ1v) is 22.2. The number of sulfonamides is 1. The van der Waals surface area contributed by atoms with Gasteiger partial charge in [0.25, 0.3) is 5.91 Å². The van der Waals surface area contributed by atoms with Gasteiger partial charge in [-0.05, 0) is 132 Å². The highest BCUT2D eigenvalue weighted by Crippen LogP contribution is 2.49. The molecule has 3 aliphatic heterocycles. The molecule has 9 nitrogen and oxygen atoms in total. The van der Waals surface area contributed by atoms with Crippen molar-refractivity contribution in [2.24, 2.45) is 17.8 Å². The lowest BCUT2D eigenvalue weighted by molar-refractivity contribution is -0.114. The van der Waals surface area contributed by atoms with Crippen LogP contribution in [0.2, 0.25) is 5.02 Å². The first-order valence-electron chi connectivity index (χ1n) is 20.3. The second kappa shape index (κ2) is 15.4. The number of nitrogens with one attached hydrogen (secondary N) is 1. The highest BCUT2D eigenvalue weighted by atomic mass is 35.5. The van der Waals surface area contributed by atoms with Crippen LogP contribution in [0.25, 0.3) is 0 Å². The molecule has 1 saturated carbocycles. The van der Waals surface area contributed by atoms with Crippen molar-refractivity contribution in [3.8, 4) is 5.75 Å². The largest absolute Gasteiger partial charge is 0.490 e. The minimum absolute atomic E-state index is 0.132. The monoisotopic (exact) mass is 780 g/mol. The lowest BCUT2D eigenvalue weighted by atomic mass is 9.63. The maximum absolute atomic E-state index is 13.7. The van der Waals surface area contributed by atoms with E-state index in [0.29, 0.717) is 31.1 Å². The van der Waals surface area contributed by atoms with E-state index in [4.69, 9.17) is 21.1 Å². The number of hydrogen-bond donors (Lipinski definition) is 1. The third kappa shape index (κ3) is 7.84. The Morgan fingerprint density at radius 3 is 2.54 bits per heavy atom. The number of carbonyl (C=O) groups excluding carboxylic acids is 1. The van der Waals surface area contributed by atoms with Gasteiger partial charge in [-0.25, -0.2) is 13.1 Å². The number of allylic oxidation sites excluding steroid dienone is 1. The van der Waals surface area contributed by atoms with Crippen molar-refractivity contribution in [2.75, 3.05) is 63.9 Å². The second-order valence-electron chi connectivity index (χ2n) is 17.8. The van der Waals surface area contributed by atoms with E-state index in [1.807, 2.05) is 25.1 Å². The molecule has 1 spiro atoms.